The van der Waals surface area contributed by atoms with E-state index in [4.69, 9.17) is 5.73 Å². The van der Waals surface area contributed by atoms with E-state index < -0.39 is 0 Å². The Morgan fingerprint density at radius 3 is 2.48 bits per heavy atom. The Balaban J connectivity index is 1.92. The van der Waals surface area contributed by atoms with Crippen LogP contribution in [0.4, 0.5) is 0 Å². The van der Waals surface area contributed by atoms with Gasteiger partial charge in [-0.25, -0.2) is 0 Å². The van der Waals surface area contributed by atoms with Crippen molar-refractivity contribution < 1.29 is 9.59 Å². The third-order valence-electron chi connectivity index (χ3n) is 3.56. The molecule has 0 fully saturated rings. The van der Waals surface area contributed by atoms with Gasteiger partial charge >= 0.3 is 0 Å². The molecule has 0 aliphatic carbocycles. The Morgan fingerprint density at radius 1 is 1.04 bits per heavy atom. The van der Waals surface area contributed by atoms with E-state index in [1.165, 1.54) is 11.3 Å². The van der Waals surface area contributed by atoms with Gasteiger partial charge in [0, 0.05) is 25.9 Å². The van der Waals surface area contributed by atoms with Crippen LogP contribution in [0.1, 0.15) is 34.5 Å². The summed E-state index contributed by atoms with van der Waals surface area (Å²) in [7, 11) is 0. The number of carbonyl (C=O) groups is 2. The van der Waals surface area contributed by atoms with Crippen LogP contribution in [0.2, 0.25) is 0 Å². The highest BCUT2D eigenvalue weighted by Gasteiger charge is 2.16. The van der Waals surface area contributed by atoms with E-state index in [0.717, 1.165) is 16.9 Å². The fraction of sp³-hybridized carbons (Fsp3) is 0.333. The second-order valence-electron chi connectivity index (χ2n) is 5.34. The van der Waals surface area contributed by atoms with Gasteiger partial charge in [-0.05, 0) is 30.0 Å². The summed E-state index contributed by atoms with van der Waals surface area (Å²) in [5, 5.41) is 1.87. The molecular formula is C18H22N2O2S. The van der Waals surface area contributed by atoms with Crippen LogP contribution in [-0.4, -0.2) is 29.7 Å². The number of hydrogen-bond donors (Lipinski definition) is 1. The van der Waals surface area contributed by atoms with Gasteiger partial charge in [0.1, 0.15) is 0 Å². The quantitative estimate of drug-likeness (QED) is 0.719. The van der Waals surface area contributed by atoms with Crippen molar-refractivity contribution >= 4 is 23.0 Å². The highest BCUT2D eigenvalue weighted by Crippen LogP contribution is 2.14. The Bertz CT molecular complexity index is 611. The van der Waals surface area contributed by atoms with Crippen molar-refractivity contribution in [3.8, 4) is 0 Å². The van der Waals surface area contributed by atoms with E-state index >= 15 is 0 Å². The van der Waals surface area contributed by atoms with Crippen LogP contribution in [0.25, 0.3) is 0 Å². The first-order valence-electron chi connectivity index (χ1n) is 7.79. The highest BCUT2D eigenvalue weighted by atomic mass is 32.1. The lowest BCUT2D eigenvalue weighted by Gasteiger charge is -2.22. The summed E-state index contributed by atoms with van der Waals surface area (Å²) in [5.41, 5.74) is 6.65. The summed E-state index contributed by atoms with van der Waals surface area (Å²) in [6, 6.07) is 13.5. The van der Waals surface area contributed by atoms with E-state index in [1.807, 2.05) is 41.8 Å². The molecule has 0 atom stereocenters. The van der Waals surface area contributed by atoms with Gasteiger partial charge in [0.2, 0.25) is 5.91 Å². The zero-order valence-electron chi connectivity index (χ0n) is 13.1. The molecule has 2 aromatic rings. The first-order valence-corrected chi connectivity index (χ1v) is 8.67. The molecule has 0 radical (unpaired) electrons. The number of carbonyl (C=O) groups excluding carboxylic acids is 2. The van der Waals surface area contributed by atoms with Gasteiger partial charge in [0.15, 0.2) is 5.78 Å². The van der Waals surface area contributed by atoms with E-state index in [2.05, 4.69) is 0 Å². The van der Waals surface area contributed by atoms with Gasteiger partial charge < -0.3 is 10.6 Å². The predicted octanol–water partition coefficient (Wildman–Crippen LogP) is 3.09. The zero-order chi connectivity index (χ0) is 16.5. The molecule has 0 saturated heterocycles. The standard InChI is InChI=1S/C18H22N2O2S/c19-11-5-12-20(14-15-6-2-1-3-7-15)18(22)10-9-16(21)17-8-4-13-23-17/h1-4,6-8,13H,5,9-12,14,19H2. The van der Waals surface area contributed by atoms with Crippen LogP contribution < -0.4 is 5.73 Å². The molecule has 0 bridgehead atoms. The van der Waals surface area contributed by atoms with Crippen molar-refractivity contribution in [3.63, 3.8) is 0 Å². The molecule has 0 aliphatic heterocycles. The van der Waals surface area contributed by atoms with Gasteiger partial charge in [0.05, 0.1) is 4.88 Å². The number of nitrogens with two attached hydrogens (primary N) is 1. The SMILES string of the molecule is NCCCN(Cc1ccccc1)C(=O)CCC(=O)c1cccs1. The minimum absolute atomic E-state index is 0.00668. The van der Waals surface area contributed by atoms with Crippen LogP contribution in [0.5, 0.6) is 0 Å². The second kappa shape index (κ2) is 9.22. The molecule has 0 unspecified atom stereocenters. The molecule has 4 nitrogen and oxygen atoms in total. The lowest BCUT2D eigenvalue weighted by atomic mass is 10.1. The first-order chi connectivity index (χ1) is 11.2. The minimum Gasteiger partial charge on any atom is -0.338 e. The molecule has 0 aliphatic rings. The number of rotatable bonds is 9. The van der Waals surface area contributed by atoms with Crippen molar-refractivity contribution in [2.75, 3.05) is 13.1 Å². The number of ketones is 1. The Kier molecular flexibility index (Phi) is 6.97. The molecule has 1 aromatic carbocycles. The van der Waals surface area contributed by atoms with Gasteiger partial charge in [-0.1, -0.05) is 36.4 Å². The Labute approximate surface area is 140 Å². The molecule has 1 aromatic heterocycles. The lowest BCUT2D eigenvalue weighted by molar-refractivity contribution is -0.131. The van der Waals surface area contributed by atoms with Crippen LogP contribution in [0.15, 0.2) is 47.8 Å². The number of nitrogens with zero attached hydrogens (tertiary/aromatic N) is 1. The van der Waals surface area contributed by atoms with Crippen molar-refractivity contribution in [3.05, 3.63) is 58.3 Å². The van der Waals surface area contributed by atoms with Gasteiger partial charge in [-0.3, -0.25) is 9.59 Å². The number of amides is 1. The maximum absolute atomic E-state index is 12.5. The molecule has 1 amide bonds. The highest BCUT2D eigenvalue weighted by molar-refractivity contribution is 7.12. The normalized spacial score (nSPS) is 10.5. The van der Waals surface area contributed by atoms with Gasteiger partial charge in [0.25, 0.3) is 0 Å². The maximum atomic E-state index is 12.5. The van der Waals surface area contributed by atoms with E-state index in [9.17, 15) is 9.59 Å². The molecule has 5 heteroatoms. The molecule has 0 spiro atoms. The average Bonchev–Trinajstić information content (AvgIpc) is 3.11. The predicted molar refractivity (Wildman–Crippen MR) is 93.4 cm³/mol. The number of benzene rings is 1. The Hall–Kier alpha value is -1.98. The first kappa shape index (κ1) is 17.4. The summed E-state index contributed by atoms with van der Waals surface area (Å²) in [5.74, 6) is 0.0408. The van der Waals surface area contributed by atoms with E-state index in [-0.39, 0.29) is 24.5 Å². The number of hydrogen-bond acceptors (Lipinski definition) is 4. The second-order valence-corrected chi connectivity index (χ2v) is 6.29. The van der Waals surface area contributed by atoms with Crippen molar-refractivity contribution in [2.24, 2.45) is 5.73 Å². The minimum atomic E-state index is 0.00668. The summed E-state index contributed by atoms with van der Waals surface area (Å²) in [6.45, 7) is 1.73. The summed E-state index contributed by atoms with van der Waals surface area (Å²) in [4.78, 5) is 27.0. The number of Topliss-reactive ketones (excluding diaryl/α,β-unsaturated/α-hetero) is 1. The smallest absolute Gasteiger partial charge is 0.223 e. The molecule has 23 heavy (non-hydrogen) atoms. The van der Waals surface area contributed by atoms with Gasteiger partial charge in [-0.2, -0.15) is 0 Å². The largest absolute Gasteiger partial charge is 0.338 e. The summed E-state index contributed by atoms with van der Waals surface area (Å²) >= 11 is 1.42. The summed E-state index contributed by atoms with van der Waals surface area (Å²) < 4.78 is 0. The van der Waals surface area contributed by atoms with Crippen LogP contribution in [0, 0.1) is 0 Å². The maximum Gasteiger partial charge on any atom is 0.223 e. The monoisotopic (exact) mass is 330 g/mol. The van der Waals surface area contributed by atoms with Crippen molar-refractivity contribution in [1.29, 1.82) is 0 Å². The van der Waals surface area contributed by atoms with E-state index in [0.29, 0.717) is 19.6 Å². The molecule has 0 saturated carbocycles. The average molecular weight is 330 g/mol. The summed E-state index contributed by atoms with van der Waals surface area (Å²) in [6.07, 6.45) is 1.26. The molecule has 1 heterocycles. The van der Waals surface area contributed by atoms with Crippen LogP contribution in [0.3, 0.4) is 0 Å². The number of thiophene rings is 1. The van der Waals surface area contributed by atoms with Crippen LogP contribution in [-0.2, 0) is 11.3 Å². The fourth-order valence-electron chi connectivity index (χ4n) is 2.32. The fourth-order valence-corrected chi connectivity index (χ4v) is 3.01. The van der Waals surface area contributed by atoms with Gasteiger partial charge in [-0.15, -0.1) is 11.3 Å². The van der Waals surface area contributed by atoms with Crippen LogP contribution >= 0.6 is 11.3 Å². The third-order valence-corrected chi connectivity index (χ3v) is 4.47. The topological polar surface area (TPSA) is 63.4 Å². The van der Waals surface area contributed by atoms with Crippen molar-refractivity contribution in [1.82, 2.24) is 4.90 Å². The third kappa shape index (κ3) is 5.62. The molecule has 122 valence electrons. The Morgan fingerprint density at radius 2 is 1.83 bits per heavy atom. The molecule has 2 N–H and O–H groups in total. The zero-order valence-corrected chi connectivity index (χ0v) is 13.9. The van der Waals surface area contributed by atoms with E-state index in [1.54, 1.807) is 11.0 Å². The molecular weight excluding hydrogens is 308 g/mol. The van der Waals surface area contributed by atoms with Crippen molar-refractivity contribution in [2.45, 2.75) is 25.8 Å². The molecule has 2 rings (SSSR count). The lowest BCUT2D eigenvalue weighted by Crippen LogP contribution is -2.32.